The normalized spacial score (nSPS) is 19.1. The first kappa shape index (κ1) is 17.9. The third-order valence-electron chi connectivity index (χ3n) is 4.06. The van der Waals surface area contributed by atoms with Crippen molar-refractivity contribution < 1.29 is 14.3 Å². The molecule has 0 aliphatic carbocycles. The van der Waals surface area contributed by atoms with Gasteiger partial charge in [-0.15, -0.1) is 11.3 Å². The van der Waals surface area contributed by atoms with E-state index in [1.807, 2.05) is 22.1 Å². The number of carbonyl (C=O) groups is 1. The Kier molecular flexibility index (Phi) is 4.83. The number of nitrogens with zero attached hydrogens (tertiary/aromatic N) is 4. The minimum Gasteiger partial charge on any atom is -0.458 e. The summed E-state index contributed by atoms with van der Waals surface area (Å²) in [5.41, 5.74) is 0.957. The molecular formula is C18H15ClN4O3S. The Balaban J connectivity index is 1.96. The van der Waals surface area contributed by atoms with Crippen LogP contribution in [-0.2, 0) is 14.3 Å². The number of ether oxygens (including phenoxy) is 2. The Morgan fingerprint density at radius 3 is 3.00 bits per heavy atom. The van der Waals surface area contributed by atoms with Gasteiger partial charge >= 0.3 is 5.97 Å². The first-order valence-corrected chi connectivity index (χ1v) is 9.55. The van der Waals surface area contributed by atoms with Gasteiger partial charge in [0.05, 0.1) is 11.5 Å². The molecule has 1 aliphatic heterocycles. The second-order valence-corrected chi connectivity index (χ2v) is 7.17. The fourth-order valence-electron chi connectivity index (χ4n) is 3.05. The van der Waals surface area contributed by atoms with Crippen LogP contribution in [0.3, 0.4) is 0 Å². The van der Waals surface area contributed by atoms with Crippen LogP contribution in [0.15, 0.2) is 17.5 Å². The molecule has 0 N–H and O–H groups in total. The summed E-state index contributed by atoms with van der Waals surface area (Å²) in [7, 11) is 0. The Morgan fingerprint density at radius 1 is 1.44 bits per heavy atom. The molecule has 2 atom stereocenters. The summed E-state index contributed by atoms with van der Waals surface area (Å²) in [5.74, 6) is 6.18. The molecule has 4 rings (SSSR count). The average molecular weight is 403 g/mol. The van der Waals surface area contributed by atoms with Crippen molar-refractivity contribution in [2.75, 3.05) is 6.61 Å². The van der Waals surface area contributed by atoms with Gasteiger partial charge in [0.2, 0.25) is 5.82 Å². The van der Waals surface area contributed by atoms with Gasteiger partial charge < -0.3 is 9.47 Å². The maximum Gasteiger partial charge on any atom is 0.303 e. The summed E-state index contributed by atoms with van der Waals surface area (Å²) < 4.78 is 13.2. The number of carbonyl (C=O) groups excluding carboxylic acids is 1. The lowest BCUT2D eigenvalue weighted by molar-refractivity contribution is -0.151. The Labute approximate surface area is 164 Å². The topological polar surface area (TPSA) is 79.1 Å². The SMILES string of the molecule is CC#Cc1nc(Cl)c2nc(-c3cccs3)n(C3OCCC3OC(C)=O)c2n1. The van der Waals surface area contributed by atoms with Crippen LogP contribution in [0, 0.1) is 11.8 Å². The van der Waals surface area contributed by atoms with Gasteiger partial charge in [-0.3, -0.25) is 9.36 Å². The molecule has 3 aromatic rings. The van der Waals surface area contributed by atoms with Crippen molar-refractivity contribution in [2.24, 2.45) is 0 Å². The number of halogens is 1. The zero-order valence-electron chi connectivity index (χ0n) is 14.6. The highest BCUT2D eigenvalue weighted by atomic mass is 35.5. The van der Waals surface area contributed by atoms with Crippen LogP contribution in [0.4, 0.5) is 0 Å². The molecule has 2 unspecified atom stereocenters. The highest BCUT2D eigenvalue weighted by molar-refractivity contribution is 7.13. The van der Waals surface area contributed by atoms with E-state index in [2.05, 4.69) is 26.8 Å². The van der Waals surface area contributed by atoms with E-state index < -0.39 is 12.3 Å². The van der Waals surface area contributed by atoms with Crippen LogP contribution < -0.4 is 0 Å². The number of rotatable bonds is 3. The number of thiophene rings is 1. The lowest BCUT2D eigenvalue weighted by Gasteiger charge is -2.21. The van der Waals surface area contributed by atoms with E-state index in [1.54, 1.807) is 6.92 Å². The van der Waals surface area contributed by atoms with Gasteiger partial charge in [-0.1, -0.05) is 23.6 Å². The van der Waals surface area contributed by atoms with Gasteiger partial charge in [0, 0.05) is 13.3 Å². The molecule has 0 radical (unpaired) electrons. The van der Waals surface area contributed by atoms with Gasteiger partial charge in [0.1, 0.15) is 11.6 Å². The number of fused-ring (bicyclic) bond motifs is 1. The molecule has 0 amide bonds. The number of imidazole rings is 1. The van der Waals surface area contributed by atoms with Crippen LogP contribution in [0.1, 0.15) is 32.3 Å². The van der Waals surface area contributed by atoms with Crippen molar-refractivity contribution in [3.63, 3.8) is 0 Å². The highest BCUT2D eigenvalue weighted by Crippen LogP contribution is 2.37. The zero-order chi connectivity index (χ0) is 19.0. The first-order valence-electron chi connectivity index (χ1n) is 8.29. The lowest BCUT2D eigenvalue weighted by atomic mass is 10.2. The van der Waals surface area contributed by atoms with E-state index >= 15 is 0 Å². The number of aromatic nitrogens is 4. The number of hydrogen-bond donors (Lipinski definition) is 0. The fraction of sp³-hybridized carbons (Fsp3) is 0.333. The summed E-state index contributed by atoms with van der Waals surface area (Å²) >= 11 is 7.89. The van der Waals surface area contributed by atoms with Gasteiger partial charge in [0.15, 0.2) is 22.9 Å². The van der Waals surface area contributed by atoms with E-state index in [0.29, 0.717) is 35.8 Å². The Hall–Kier alpha value is -2.47. The van der Waals surface area contributed by atoms with E-state index in [-0.39, 0.29) is 11.1 Å². The molecule has 0 aromatic carbocycles. The predicted molar refractivity (Wildman–Crippen MR) is 101 cm³/mol. The van der Waals surface area contributed by atoms with E-state index in [0.717, 1.165) is 4.88 Å². The van der Waals surface area contributed by atoms with E-state index in [4.69, 9.17) is 21.1 Å². The first-order chi connectivity index (χ1) is 13.1. The molecule has 0 bridgehead atoms. The van der Waals surface area contributed by atoms with Crippen molar-refractivity contribution in [3.05, 3.63) is 28.5 Å². The summed E-state index contributed by atoms with van der Waals surface area (Å²) in [4.78, 5) is 25.8. The lowest BCUT2D eigenvalue weighted by Crippen LogP contribution is -2.25. The van der Waals surface area contributed by atoms with Crippen LogP contribution in [-0.4, -0.2) is 38.2 Å². The van der Waals surface area contributed by atoms with Crippen LogP contribution >= 0.6 is 22.9 Å². The molecule has 4 heterocycles. The van der Waals surface area contributed by atoms with Crippen molar-refractivity contribution in [1.82, 2.24) is 19.5 Å². The molecule has 27 heavy (non-hydrogen) atoms. The molecule has 0 spiro atoms. The molecule has 1 fully saturated rings. The highest BCUT2D eigenvalue weighted by Gasteiger charge is 2.36. The molecule has 138 valence electrons. The number of hydrogen-bond acceptors (Lipinski definition) is 7. The largest absolute Gasteiger partial charge is 0.458 e. The molecule has 3 aromatic heterocycles. The Bertz CT molecular complexity index is 1070. The Morgan fingerprint density at radius 2 is 2.30 bits per heavy atom. The predicted octanol–water partition coefficient (Wildman–Crippen LogP) is 3.43. The second-order valence-electron chi connectivity index (χ2n) is 5.87. The monoisotopic (exact) mass is 402 g/mol. The summed E-state index contributed by atoms with van der Waals surface area (Å²) in [6.45, 7) is 3.55. The number of esters is 1. The summed E-state index contributed by atoms with van der Waals surface area (Å²) in [5, 5.41) is 2.18. The van der Waals surface area contributed by atoms with Crippen LogP contribution in [0.5, 0.6) is 0 Å². The van der Waals surface area contributed by atoms with Crippen molar-refractivity contribution in [1.29, 1.82) is 0 Å². The maximum atomic E-state index is 11.5. The molecule has 7 nitrogen and oxygen atoms in total. The smallest absolute Gasteiger partial charge is 0.303 e. The van der Waals surface area contributed by atoms with E-state index in [9.17, 15) is 4.79 Å². The quantitative estimate of drug-likeness (QED) is 0.379. The summed E-state index contributed by atoms with van der Waals surface area (Å²) in [6, 6.07) is 3.89. The zero-order valence-corrected chi connectivity index (χ0v) is 16.2. The standard InChI is InChI=1S/C18H15ClN4O3S/c1-3-5-13-20-15(19)14-17(21-13)23(16(22-14)12-6-4-9-27-12)18-11(7-8-25-18)26-10(2)24/h4,6,9,11,18H,7-8H2,1-2H3. The fourth-order valence-corrected chi connectivity index (χ4v) is 3.97. The third kappa shape index (κ3) is 3.30. The van der Waals surface area contributed by atoms with Gasteiger partial charge in [-0.2, -0.15) is 0 Å². The molecule has 1 aliphatic rings. The van der Waals surface area contributed by atoms with Crippen molar-refractivity contribution in [2.45, 2.75) is 32.6 Å². The van der Waals surface area contributed by atoms with Crippen molar-refractivity contribution in [3.8, 4) is 22.5 Å². The summed E-state index contributed by atoms with van der Waals surface area (Å²) in [6.07, 6.45) is -0.397. The molecular weight excluding hydrogens is 388 g/mol. The van der Waals surface area contributed by atoms with E-state index in [1.165, 1.54) is 18.3 Å². The molecule has 1 saturated heterocycles. The maximum absolute atomic E-state index is 11.5. The van der Waals surface area contributed by atoms with Gasteiger partial charge in [0.25, 0.3) is 0 Å². The second kappa shape index (κ2) is 7.27. The minimum absolute atomic E-state index is 0.219. The minimum atomic E-state index is -0.551. The molecule has 9 heteroatoms. The van der Waals surface area contributed by atoms with Gasteiger partial charge in [-0.25, -0.2) is 15.0 Å². The van der Waals surface area contributed by atoms with Gasteiger partial charge in [-0.05, 0) is 24.3 Å². The average Bonchev–Trinajstić information content (AvgIpc) is 3.33. The molecule has 0 saturated carbocycles. The van der Waals surface area contributed by atoms with Crippen molar-refractivity contribution >= 4 is 40.1 Å². The third-order valence-corrected chi connectivity index (χ3v) is 5.19. The van der Waals surface area contributed by atoms with Crippen LogP contribution in [0.2, 0.25) is 5.15 Å². The van der Waals surface area contributed by atoms with Crippen LogP contribution in [0.25, 0.3) is 21.9 Å².